The molecular weight excluding hydrogens is 368 g/mol. The van der Waals surface area contributed by atoms with Crippen molar-refractivity contribution in [3.63, 3.8) is 0 Å². The van der Waals surface area contributed by atoms with E-state index in [4.69, 9.17) is 9.47 Å². The van der Waals surface area contributed by atoms with E-state index in [0.717, 1.165) is 68.4 Å². The zero-order valence-electron chi connectivity index (χ0n) is 17.5. The Morgan fingerprint density at radius 2 is 1.83 bits per heavy atom. The summed E-state index contributed by atoms with van der Waals surface area (Å²) in [5.41, 5.74) is 2.62. The number of likely N-dealkylation sites (N-methyl/N-ethyl adjacent to an activating group) is 1. The van der Waals surface area contributed by atoms with Crippen molar-refractivity contribution in [2.24, 2.45) is 0 Å². The number of carbonyl (C=O) groups is 1. The van der Waals surface area contributed by atoms with Crippen molar-refractivity contribution in [2.75, 3.05) is 58.8 Å². The molecule has 1 amide bonds. The zero-order chi connectivity index (χ0) is 20.6. The van der Waals surface area contributed by atoms with Gasteiger partial charge in [0.2, 0.25) is 0 Å². The molecule has 1 aromatic carbocycles. The molecule has 7 heteroatoms. The third-order valence-corrected chi connectivity index (χ3v) is 5.28. The second-order valence-corrected chi connectivity index (χ2v) is 7.05. The summed E-state index contributed by atoms with van der Waals surface area (Å²) in [6.45, 7) is 7.30. The number of nitrogens with zero attached hydrogens (tertiary/aromatic N) is 3. The van der Waals surface area contributed by atoms with Crippen LogP contribution >= 0.6 is 0 Å². The van der Waals surface area contributed by atoms with Crippen LogP contribution in [0.5, 0.6) is 11.5 Å². The monoisotopic (exact) mass is 398 g/mol. The number of amides is 1. The average Bonchev–Trinajstić information content (AvgIpc) is 2.78. The van der Waals surface area contributed by atoms with E-state index in [9.17, 15) is 4.79 Å². The molecule has 7 nitrogen and oxygen atoms in total. The van der Waals surface area contributed by atoms with E-state index in [-0.39, 0.29) is 5.91 Å². The van der Waals surface area contributed by atoms with Gasteiger partial charge in [-0.25, -0.2) is 0 Å². The van der Waals surface area contributed by atoms with Crippen molar-refractivity contribution in [1.29, 1.82) is 0 Å². The Labute approximate surface area is 172 Å². The maximum absolute atomic E-state index is 12.8. The number of hydrogen-bond donors (Lipinski definition) is 1. The normalized spacial score (nSPS) is 14.5. The van der Waals surface area contributed by atoms with E-state index < -0.39 is 0 Å². The third-order valence-electron chi connectivity index (χ3n) is 5.28. The molecule has 1 aliphatic rings. The van der Waals surface area contributed by atoms with Crippen LogP contribution in [-0.2, 0) is 6.42 Å². The first-order chi connectivity index (χ1) is 14.1. The predicted octanol–water partition coefficient (Wildman–Crippen LogP) is 2.53. The molecule has 0 radical (unpaired) electrons. The van der Waals surface area contributed by atoms with Gasteiger partial charge in [-0.3, -0.25) is 9.78 Å². The van der Waals surface area contributed by atoms with Gasteiger partial charge in [-0.15, -0.1) is 0 Å². The highest BCUT2D eigenvalue weighted by atomic mass is 16.5. The number of carbonyl (C=O) groups excluding carboxylic acids is 1. The highest BCUT2D eigenvalue weighted by molar-refractivity contribution is 5.94. The van der Waals surface area contributed by atoms with Gasteiger partial charge in [0.1, 0.15) is 0 Å². The van der Waals surface area contributed by atoms with E-state index in [1.54, 1.807) is 26.6 Å². The molecule has 0 bridgehead atoms. The minimum atomic E-state index is 0.0526. The maximum Gasteiger partial charge on any atom is 0.255 e. The molecule has 0 saturated carbocycles. The molecular formula is C22H30N4O3. The molecule has 2 aromatic rings. The summed E-state index contributed by atoms with van der Waals surface area (Å²) in [5, 5.41) is 3.36. The van der Waals surface area contributed by atoms with Crippen LogP contribution in [0.15, 0.2) is 36.7 Å². The summed E-state index contributed by atoms with van der Waals surface area (Å²) >= 11 is 0. The number of piperazine rings is 1. The number of aromatic nitrogens is 1. The Hall–Kier alpha value is -2.80. The standard InChI is InChI=1S/C22H30N4O3/c1-4-25-9-11-26(12-10-25)22(27)18-14-19(16-23-15-18)24-8-7-17-5-6-20(28-2)21(13-17)29-3/h5-6,13-16,24H,4,7-12H2,1-3H3. The van der Waals surface area contributed by atoms with Crippen molar-refractivity contribution in [1.82, 2.24) is 14.8 Å². The molecule has 156 valence electrons. The number of benzene rings is 1. The number of rotatable bonds is 8. The number of hydrogen-bond acceptors (Lipinski definition) is 6. The van der Waals surface area contributed by atoms with Gasteiger partial charge in [0.05, 0.1) is 25.5 Å². The van der Waals surface area contributed by atoms with Gasteiger partial charge < -0.3 is 24.6 Å². The zero-order valence-corrected chi connectivity index (χ0v) is 17.5. The van der Waals surface area contributed by atoms with E-state index in [0.29, 0.717) is 5.56 Å². The summed E-state index contributed by atoms with van der Waals surface area (Å²) in [7, 11) is 3.26. The van der Waals surface area contributed by atoms with E-state index in [1.165, 1.54) is 0 Å². The van der Waals surface area contributed by atoms with Crippen LogP contribution in [0.3, 0.4) is 0 Å². The molecule has 29 heavy (non-hydrogen) atoms. The minimum Gasteiger partial charge on any atom is -0.493 e. The summed E-state index contributed by atoms with van der Waals surface area (Å²) < 4.78 is 10.6. The first kappa shape index (κ1) is 20.9. The quantitative estimate of drug-likeness (QED) is 0.737. The third kappa shape index (κ3) is 5.38. The number of nitrogens with one attached hydrogen (secondary N) is 1. The van der Waals surface area contributed by atoms with Gasteiger partial charge in [0, 0.05) is 45.1 Å². The fourth-order valence-corrected chi connectivity index (χ4v) is 3.49. The number of anilines is 1. The summed E-state index contributed by atoms with van der Waals surface area (Å²) in [6.07, 6.45) is 4.21. The lowest BCUT2D eigenvalue weighted by atomic mass is 10.1. The van der Waals surface area contributed by atoms with Gasteiger partial charge in [0.25, 0.3) is 5.91 Å². The van der Waals surface area contributed by atoms with Gasteiger partial charge in [-0.05, 0) is 36.7 Å². The van der Waals surface area contributed by atoms with Crippen molar-refractivity contribution in [3.8, 4) is 11.5 Å². The van der Waals surface area contributed by atoms with Gasteiger partial charge in [-0.1, -0.05) is 13.0 Å². The maximum atomic E-state index is 12.8. The SMILES string of the molecule is CCN1CCN(C(=O)c2cncc(NCCc3ccc(OC)c(OC)c3)c2)CC1. The first-order valence-corrected chi connectivity index (χ1v) is 10.1. The highest BCUT2D eigenvalue weighted by Crippen LogP contribution is 2.27. The van der Waals surface area contributed by atoms with Crippen LogP contribution < -0.4 is 14.8 Å². The lowest BCUT2D eigenvalue weighted by molar-refractivity contribution is 0.0643. The Balaban J connectivity index is 1.55. The summed E-state index contributed by atoms with van der Waals surface area (Å²) in [4.78, 5) is 21.3. The molecule has 0 atom stereocenters. The van der Waals surface area contributed by atoms with Crippen LogP contribution in [-0.4, -0.2) is 74.2 Å². The second kappa shape index (κ2) is 10.1. The average molecular weight is 399 g/mol. The van der Waals surface area contributed by atoms with Gasteiger partial charge in [0.15, 0.2) is 11.5 Å². The topological polar surface area (TPSA) is 66.9 Å². The lowest BCUT2D eigenvalue weighted by Crippen LogP contribution is -2.48. The fraction of sp³-hybridized carbons (Fsp3) is 0.455. The van der Waals surface area contributed by atoms with E-state index >= 15 is 0 Å². The Morgan fingerprint density at radius 3 is 2.52 bits per heavy atom. The van der Waals surface area contributed by atoms with Gasteiger partial charge >= 0.3 is 0 Å². The largest absolute Gasteiger partial charge is 0.493 e. The van der Waals surface area contributed by atoms with E-state index in [1.807, 2.05) is 29.2 Å². The Bertz CT molecular complexity index is 819. The van der Waals surface area contributed by atoms with Crippen molar-refractivity contribution in [2.45, 2.75) is 13.3 Å². The Morgan fingerprint density at radius 1 is 1.07 bits per heavy atom. The second-order valence-electron chi connectivity index (χ2n) is 7.05. The van der Waals surface area contributed by atoms with Gasteiger partial charge in [-0.2, -0.15) is 0 Å². The lowest BCUT2D eigenvalue weighted by Gasteiger charge is -2.34. The highest BCUT2D eigenvalue weighted by Gasteiger charge is 2.21. The molecule has 0 aliphatic carbocycles. The minimum absolute atomic E-state index is 0.0526. The molecule has 1 N–H and O–H groups in total. The molecule has 0 spiro atoms. The molecule has 3 rings (SSSR count). The van der Waals surface area contributed by atoms with E-state index in [2.05, 4.69) is 22.1 Å². The molecule has 2 heterocycles. The molecule has 1 saturated heterocycles. The molecule has 1 fully saturated rings. The number of methoxy groups -OCH3 is 2. The van der Waals surface area contributed by atoms with Crippen molar-refractivity contribution in [3.05, 3.63) is 47.8 Å². The van der Waals surface area contributed by atoms with Crippen molar-refractivity contribution < 1.29 is 14.3 Å². The first-order valence-electron chi connectivity index (χ1n) is 10.1. The smallest absolute Gasteiger partial charge is 0.255 e. The fourth-order valence-electron chi connectivity index (χ4n) is 3.49. The van der Waals surface area contributed by atoms with Crippen LogP contribution in [0.1, 0.15) is 22.8 Å². The summed E-state index contributed by atoms with van der Waals surface area (Å²) in [6, 6.07) is 7.80. The molecule has 0 unspecified atom stereocenters. The predicted molar refractivity (Wildman–Crippen MR) is 114 cm³/mol. The number of ether oxygens (including phenoxy) is 2. The van der Waals surface area contributed by atoms with Crippen LogP contribution in [0.2, 0.25) is 0 Å². The van der Waals surface area contributed by atoms with Crippen molar-refractivity contribution >= 4 is 11.6 Å². The van der Waals surface area contributed by atoms with Crippen LogP contribution in [0.25, 0.3) is 0 Å². The molecule has 1 aromatic heterocycles. The molecule has 1 aliphatic heterocycles. The van der Waals surface area contributed by atoms with Crippen LogP contribution in [0, 0.1) is 0 Å². The Kier molecular flexibility index (Phi) is 7.30. The number of pyridine rings is 1. The van der Waals surface area contributed by atoms with Crippen LogP contribution in [0.4, 0.5) is 5.69 Å². The summed E-state index contributed by atoms with van der Waals surface area (Å²) in [5.74, 6) is 1.50.